The number of esters is 2. The molecule has 8 nitrogen and oxygen atoms in total. The number of hydrogen-bond donors (Lipinski definition) is 0. The van der Waals surface area contributed by atoms with Gasteiger partial charge in [-0.1, -0.05) is 167 Å². The van der Waals surface area contributed by atoms with Crippen LogP contribution in [-0.4, -0.2) is 75.5 Å². The number of carbonyl (C=O) groups excluding carboxylic acids is 3. The van der Waals surface area contributed by atoms with Crippen LogP contribution in [0, 0.1) is 0 Å². The maximum atomic E-state index is 12.8. The van der Waals surface area contributed by atoms with Gasteiger partial charge in [-0.3, -0.25) is 9.59 Å². The van der Waals surface area contributed by atoms with Crippen LogP contribution in [0.4, 0.5) is 0 Å². The molecule has 65 heavy (non-hydrogen) atoms. The fourth-order valence-electron chi connectivity index (χ4n) is 6.53. The van der Waals surface area contributed by atoms with Crippen LogP contribution < -0.4 is 5.11 Å². The van der Waals surface area contributed by atoms with Crippen molar-refractivity contribution in [2.75, 3.05) is 41.0 Å². The predicted molar refractivity (Wildman–Crippen MR) is 272 cm³/mol. The Balaban J connectivity index is 4.40. The van der Waals surface area contributed by atoms with Crippen molar-refractivity contribution >= 4 is 17.9 Å². The van der Waals surface area contributed by atoms with Crippen molar-refractivity contribution < 1.29 is 38.2 Å². The maximum Gasteiger partial charge on any atom is 0.306 e. The molecule has 0 fully saturated rings. The van der Waals surface area contributed by atoms with E-state index in [2.05, 4.69) is 135 Å². The molecule has 0 saturated heterocycles. The molecule has 8 heteroatoms. The topological polar surface area (TPSA) is 102 Å². The predicted octanol–water partition coefficient (Wildman–Crippen LogP) is 13.2. The van der Waals surface area contributed by atoms with Gasteiger partial charge in [0, 0.05) is 19.3 Å². The fraction of sp³-hybridized carbons (Fsp3) is 0.596. The van der Waals surface area contributed by atoms with Gasteiger partial charge >= 0.3 is 11.9 Å². The first kappa shape index (κ1) is 60.7. The molecule has 0 aromatic heterocycles. The summed E-state index contributed by atoms with van der Waals surface area (Å²) in [5.41, 5.74) is 0. The zero-order chi connectivity index (χ0) is 47.7. The third kappa shape index (κ3) is 44.7. The number of likely N-dealkylation sites (N-methyl/N-ethyl adjacent to an activating group) is 1. The zero-order valence-corrected chi connectivity index (χ0v) is 41.6. The lowest BCUT2D eigenvalue weighted by Gasteiger charge is -2.34. The Bertz CT molecular complexity index is 1470. The smallest absolute Gasteiger partial charge is 0.306 e. The van der Waals surface area contributed by atoms with E-state index in [0.29, 0.717) is 12.8 Å². The Morgan fingerprint density at radius 3 is 1.22 bits per heavy atom. The lowest BCUT2D eigenvalue weighted by atomic mass is 10.1. The number of allylic oxidation sites excluding steroid dienone is 20. The number of carbonyl (C=O) groups is 3. The monoisotopic (exact) mass is 902 g/mol. The summed E-state index contributed by atoms with van der Waals surface area (Å²) in [5, 5.41) is 11.7. The Labute approximate surface area is 397 Å². The summed E-state index contributed by atoms with van der Waals surface area (Å²) in [6, 6.07) is -0.743. The molecule has 0 bridgehead atoms. The molecular weight excluding hydrogens is 811 g/mol. The highest BCUT2D eigenvalue weighted by Crippen LogP contribution is 2.12. The van der Waals surface area contributed by atoms with Gasteiger partial charge in [-0.15, -0.1) is 0 Å². The van der Waals surface area contributed by atoms with Crippen LogP contribution in [0.3, 0.4) is 0 Å². The highest BCUT2D eigenvalue weighted by atomic mass is 16.6. The van der Waals surface area contributed by atoms with Gasteiger partial charge in [-0.25, -0.2) is 0 Å². The number of unbranched alkanes of at least 4 members (excludes halogenated alkanes) is 9. The highest BCUT2D eigenvalue weighted by Gasteiger charge is 2.25. The van der Waals surface area contributed by atoms with Crippen LogP contribution in [0.2, 0.25) is 0 Å². The second-order valence-electron chi connectivity index (χ2n) is 17.3. The number of aliphatic carboxylic acids is 1. The first-order valence-electron chi connectivity index (χ1n) is 25.1. The summed E-state index contributed by atoms with van der Waals surface area (Å²) in [6.07, 6.45) is 65.1. The molecule has 0 radical (unpaired) electrons. The second-order valence-corrected chi connectivity index (χ2v) is 17.3. The summed E-state index contributed by atoms with van der Waals surface area (Å²) >= 11 is 0. The average molecular weight is 902 g/mol. The Kier molecular flexibility index (Phi) is 43.2. The Morgan fingerprint density at radius 1 is 0.462 bits per heavy atom. The minimum absolute atomic E-state index is 0.0134. The molecule has 2 unspecified atom stereocenters. The van der Waals surface area contributed by atoms with E-state index in [-0.39, 0.29) is 49.1 Å². The van der Waals surface area contributed by atoms with Crippen LogP contribution in [0.5, 0.6) is 0 Å². The maximum absolute atomic E-state index is 12.8. The fourth-order valence-corrected chi connectivity index (χ4v) is 6.53. The summed E-state index contributed by atoms with van der Waals surface area (Å²) in [6.45, 7) is 4.37. The van der Waals surface area contributed by atoms with E-state index in [9.17, 15) is 19.5 Å². The van der Waals surface area contributed by atoms with Crippen molar-refractivity contribution in [2.24, 2.45) is 0 Å². The van der Waals surface area contributed by atoms with E-state index in [4.69, 9.17) is 14.2 Å². The molecule has 0 aromatic carbocycles. The van der Waals surface area contributed by atoms with Crippen molar-refractivity contribution in [1.82, 2.24) is 0 Å². The summed E-state index contributed by atoms with van der Waals surface area (Å²) in [4.78, 5) is 37.0. The van der Waals surface area contributed by atoms with Crippen molar-refractivity contribution in [3.05, 3.63) is 122 Å². The van der Waals surface area contributed by atoms with Crippen molar-refractivity contribution in [1.29, 1.82) is 0 Å². The zero-order valence-electron chi connectivity index (χ0n) is 41.6. The summed E-state index contributed by atoms with van der Waals surface area (Å²) in [7, 11) is 5.38. The van der Waals surface area contributed by atoms with E-state index in [1.807, 2.05) is 0 Å². The normalized spacial score (nSPS) is 13.9. The molecule has 0 aliphatic carbocycles. The van der Waals surface area contributed by atoms with Crippen molar-refractivity contribution in [3.8, 4) is 0 Å². The quantitative estimate of drug-likeness (QED) is 0.0260. The number of nitrogens with zero attached hydrogens (tertiary/aromatic N) is 1. The van der Waals surface area contributed by atoms with Crippen molar-refractivity contribution in [3.63, 3.8) is 0 Å². The highest BCUT2D eigenvalue weighted by molar-refractivity contribution is 5.70. The molecule has 0 spiro atoms. The molecular formula is C57H91NO7. The van der Waals surface area contributed by atoms with Gasteiger partial charge in [-0.2, -0.15) is 0 Å². The third-order valence-corrected chi connectivity index (χ3v) is 10.3. The number of hydrogen-bond acceptors (Lipinski definition) is 7. The Morgan fingerprint density at radius 2 is 0.815 bits per heavy atom. The molecule has 2 atom stereocenters. The average Bonchev–Trinajstić information content (AvgIpc) is 3.27. The van der Waals surface area contributed by atoms with E-state index in [1.165, 1.54) is 12.8 Å². The SMILES string of the molecule is CC/C=C/C/C=C/C/C=C/C/C=C/C/C=C/C/C=C/CCCCCC(=O)OC(COCCC(C(=O)[O-])[N+](C)(C)C)COC(=O)CCCCCCCC/C=C/C/C=C/C/C=C/C/C=C/CC. The van der Waals surface area contributed by atoms with Crippen molar-refractivity contribution in [2.45, 2.75) is 180 Å². The molecule has 0 aliphatic rings. The van der Waals surface area contributed by atoms with Gasteiger partial charge in [0.2, 0.25) is 0 Å². The largest absolute Gasteiger partial charge is 0.544 e. The molecule has 0 aliphatic heterocycles. The number of carboxylic acids is 1. The van der Waals surface area contributed by atoms with E-state index in [0.717, 1.165) is 116 Å². The summed E-state index contributed by atoms with van der Waals surface area (Å²) in [5.74, 6) is -1.81. The lowest BCUT2D eigenvalue weighted by Crippen LogP contribution is -2.55. The van der Waals surface area contributed by atoms with Crippen LogP contribution >= 0.6 is 0 Å². The number of quaternary nitrogens is 1. The molecule has 0 heterocycles. The van der Waals surface area contributed by atoms with Gasteiger partial charge < -0.3 is 28.6 Å². The van der Waals surface area contributed by atoms with Crippen LogP contribution in [0.15, 0.2) is 122 Å². The molecule has 0 saturated carbocycles. The molecule has 0 N–H and O–H groups in total. The van der Waals surface area contributed by atoms with Gasteiger partial charge in [0.05, 0.1) is 40.3 Å². The lowest BCUT2D eigenvalue weighted by molar-refractivity contribution is -0.889. The van der Waals surface area contributed by atoms with Crippen LogP contribution in [0.25, 0.3) is 0 Å². The number of ether oxygens (including phenoxy) is 3. The van der Waals surface area contributed by atoms with Gasteiger partial charge in [0.25, 0.3) is 0 Å². The molecule has 0 rings (SSSR count). The van der Waals surface area contributed by atoms with Gasteiger partial charge in [0.15, 0.2) is 6.10 Å². The van der Waals surface area contributed by atoms with Crippen LogP contribution in [-0.2, 0) is 28.6 Å². The van der Waals surface area contributed by atoms with E-state index in [1.54, 1.807) is 21.1 Å². The first-order valence-corrected chi connectivity index (χ1v) is 25.1. The first-order chi connectivity index (χ1) is 31.6. The second kappa shape index (κ2) is 46.3. The standard InChI is InChI=1S/C57H91NO7/c1-6-8-10-12-14-16-18-20-22-24-26-27-28-30-32-34-36-38-40-42-44-46-48-56(60)65-53(51-63-50-49-54(57(61)62)58(3,4)5)52-64-55(59)47-45-43-41-39-37-35-33-31-29-25-23-21-19-17-15-13-11-9-7-2/h8-11,14-17,20-23,26-27,29-32,36,38,53-54H,6-7,12-13,18-19,24-25,28,33-35,37,39-52H2,1-5H3/b10-8+,11-9+,16-14+,17-15+,22-20+,23-21+,27-26+,31-29+,32-30+,38-36+. The van der Waals surface area contributed by atoms with Gasteiger partial charge in [-0.05, 0) is 103 Å². The van der Waals surface area contributed by atoms with Crippen LogP contribution in [0.1, 0.15) is 168 Å². The third-order valence-electron chi connectivity index (χ3n) is 10.3. The minimum Gasteiger partial charge on any atom is -0.544 e. The van der Waals surface area contributed by atoms with E-state index >= 15 is 0 Å². The van der Waals surface area contributed by atoms with E-state index < -0.39 is 18.1 Å². The molecule has 0 amide bonds. The Hall–Kier alpha value is -4.27. The summed E-state index contributed by atoms with van der Waals surface area (Å²) < 4.78 is 17.2. The number of carboxylic acid groups (broad SMARTS) is 1. The molecule has 366 valence electrons. The molecule has 0 aromatic rings. The van der Waals surface area contributed by atoms with Gasteiger partial charge in [0.1, 0.15) is 12.6 Å². The minimum atomic E-state index is -1.14. The number of rotatable bonds is 43.